The number of rotatable bonds is 4. The van der Waals surface area contributed by atoms with Gasteiger partial charge in [0.15, 0.2) is 0 Å². The molecule has 0 saturated heterocycles. The van der Waals surface area contributed by atoms with Crippen molar-refractivity contribution in [2.75, 3.05) is 13.2 Å². The minimum atomic E-state index is 0.167. The van der Waals surface area contributed by atoms with Crippen LogP contribution in [-0.2, 0) is 13.0 Å². The first kappa shape index (κ1) is 10.2. The molecule has 2 rings (SSSR count). The number of aromatic nitrogens is 1. The molecule has 15 heavy (non-hydrogen) atoms. The highest BCUT2D eigenvalue weighted by molar-refractivity contribution is 5.84. The Hall–Kier alpha value is -1.32. The van der Waals surface area contributed by atoms with Crippen LogP contribution < -0.4 is 5.73 Å². The third-order valence-corrected chi connectivity index (χ3v) is 2.63. The van der Waals surface area contributed by atoms with Crippen LogP contribution in [0.2, 0.25) is 0 Å². The van der Waals surface area contributed by atoms with Crippen LogP contribution in [0.25, 0.3) is 10.9 Å². The number of nitrogens with two attached hydrogens (primary N) is 1. The molecule has 0 spiro atoms. The minimum absolute atomic E-state index is 0.167. The van der Waals surface area contributed by atoms with Gasteiger partial charge in [0.25, 0.3) is 0 Å². The summed E-state index contributed by atoms with van der Waals surface area (Å²) in [5.74, 6) is 0. The molecule has 80 valence electrons. The fraction of sp³-hybridized carbons (Fsp3) is 0.333. The van der Waals surface area contributed by atoms with Crippen molar-refractivity contribution < 1.29 is 5.11 Å². The van der Waals surface area contributed by atoms with E-state index in [1.807, 2.05) is 12.1 Å². The lowest BCUT2D eigenvalue weighted by molar-refractivity contribution is 0.278. The van der Waals surface area contributed by atoms with Crippen molar-refractivity contribution in [3.63, 3.8) is 0 Å². The Morgan fingerprint density at radius 3 is 2.80 bits per heavy atom. The average molecular weight is 204 g/mol. The summed E-state index contributed by atoms with van der Waals surface area (Å²) < 4.78 is 2.08. The smallest absolute Gasteiger partial charge is 0.0610 e. The number of aliphatic hydroxyl groups excluding tert-OH is 1. The van der Waals surface area contributed by atoms with E-state index < -0.39 is 0 Å². The molecule has 0 atom stereocenters. The van der Waals surface area contributed by atoms with Gasteiger partial charge in [-0.3, -0.25) is 0 Å². The van der Waals surface area contributed by atoms with E-state index in [1.54, 1.807) is 0 Å². The lowest BCUT2D eigenvalue weighted by Crippen LogP contribution is -2.02. The zero-order valence-corrected chi connectivity index (χ0v) is 8.69. The fourth-order valence-corrected chi connectivity index (χ4v) is 1.97. The van der Waals surface area contributed by atoms with Crippen LogP contribution in [0.1, 0.15) is 5.56 Å². The van der Waals surface area contributed by atoms with Crippen LogP contribution in [-0.4, -0.2) is 22.8 Å². The van der Waals surface area contributed by atoms with Crippen molar-refractivity contribution >= 4 is 10.9 Å². The standard InChI is InChI=1S/C12H16N2O/c13-6-5-10-9-14(7-8-15)12-4-2-1-3-11(10)12/h1-4,9,15H,5-8,13H2. The lowest BCUT2D eigenvalue weighted by atomic mass is 10.1. The summed E-state index contributed by atoms with van der Waals surface area (Å²) in [5, 5.41) is 10.2. The Kier molecular flexibility index (Phi) is 3.04. The van der Waals surface area contributed by atoms with E-state index in [-0.39, 0.29) is 6.61 Å². The van der Waals surface area contributed by atoms with Gasteiger partial charge in [-0.1, -0.05) is 18.2 Å². The number of aliphatic hydroxyl groups is 1. The fourth-order valence-electron chi connectivity index (χ4n) is 1.97. The maximum Gasteiger partial charge on any atom is 0.0610 e. The predicted octanol–water partition coefficient (Wildman–Crippen LogP) is 1.13. The number of benzene rings is 1. The van der Waals surface area contributed by atoms with Gasteiger partial charge in [0.2, 0.25) is 0 Å². The van der Waals surface area contributed by atoms with Crippen LogP contribution in [0, 0.1) is 0 Å². The molecule has 0 aliphatic heterocycles. The SMILES string of the molecule is NCCc1cn(CCO)c2ccccc12. The van der Waals surface area contributed by atoms with E-state index >= 15 is 0 Å². The molecule has 3 N–H and O–H groups in total. The summed E-state index contributed by atoms with van der Waals surface area (Å²) in [5.41, 5.74) is 8.02. The first-order valence-electron chi connectivity index (χ1n) is 5.24. The van der Waals surface area contributed by atoms with Crippen molar-refractivity contribution in [3.8, 4) is 0 Å². The number of hydrogen-bond donors (Lipinski definition) is 2. The van der Waals surface area contributed by atoms with Gasteiger partial charge < -0.3 is 15.4 Å². The molecule has 1 aromatic heterocycles. The predicted molar refractivity (Wildman–Crippen MR) is 61.8 cm³/mol. The summed E-state index contributed by atoms with van der Waals surface area (Å²) in [7, 11) is 0. The van der Waals surface area contributed by atoms with Crippen molar-refractivity contribution in [1.29, 1.82) is 0 Å². The van der Waals surface area contributed by atoms with Gasteiger partial charge in [-0.05, 0) is 24.6 Å². The number of fused-ring (bicyclic) bond motifs is 1. The van der Waals surface area contributed by atoms with Gasteiger partial charge in [-0.25, -0.2) is 0 Å². The number of para-hydroxylation sites is 1. The first-order chi connectivity index (χ1) is 7.36. The van der Waals surface area contributed by atoms with Crippen molar-refractivity contribution in [1.82, 2.24) is 4.57 Å². The molecule has 2 aromatic rings. The Morgan fingerprint density at radius 2 is 2.07 bits per heavy atom. The summed E-state index contributed by atoms with van der Waals surface area (Å²) in [6.45, 7) is 1.47. The third-order valence-electron chi connectivity index (χ3n) is 2.63. The minimum Gasteiger partial charge on any atom is -0.395 e. The molecule has 0 aliphatic rings. The zero-order valence-electron chi connectivity index (χ0n) is 8.69. The maximum atomic E-state index is 8.97. The quantitative estimate of drug-likeness (QED) is 0.784. The van der Waals surface area contributed by atoms with E-state index in [9.17, 15) is 0 Å². The first-order valence-corrected chi connectivity index (χ1v) is 5.24. The van der Waals surface area contributed by atoms with Gasteiger partial charge in [0.1, 0.15) is 0 Å². The van der Waals surface area contributed by atoms with Gasteiger partial charge >= 0.3 is 0 Å². The molecular formula is C12H16N2O. The van der Waals surface area contributed by atoms with Gasteiger partial charge in [0.05, 0.1) is 6.61 Å². The maximum absolute atomic E-state index is 8.97. The summed E-state index contributed by atoms with van der Waals surface area (Å²) >= 11 is 0. The van der Waals surface area contributed by atoms with Crippen molar-refractivity contribution in [2.45, 2.75) is 13.0 Å². The Labute approximate surface area is 89.1 Å². The molecule has 0 saturated carbocycles. The highest BCUT2D eigenvalue weighted by Crippen LogP contribution is 2.21. The second-order valence-corrected chi connectivity index (χ2v) is 3.63. The molecular weight excluding hydrogens is 188 g/mol. The topological polar surface area (TPSA) is 51.2 Å². The number of nitrogens with zero attached hydrogens (tertiary/aromatic N) is 1. The van der Waals surface area contributed by atoms with E-state index in [2.05, 4.69) is 22.9 Å². The molecule has 0 fully saturated rings. The molecule has 0 bridgehead atoms. The van der Waals surface area contributed by atoms with Crippen LogP contribution in [0.3, 0.4) is 0 Å². The monoisotopic (exact) mass is 204 g/mol. The highest BCUT2D eigenvalue weighted by atomic mass is 16.3. The van der Waals surface area contributed by atoms with E-state index in [0.29, 0.717) is 13.1 Å². The highest BCUT2D eigenvalue weighted by Gasteiger charge is 2.06. The summed E-state index contributed by atoms with van der Waals surface area (Å²) in [6.07, 6.45) is 2.98. The number of hydrogen-bond acceptors (Lipinski definition) is 2. The third kappa shape index (κ3) is 1.89. The Balaban J connectivity index is 2.52. The molecule has 0 amide bonds. The Bertz CT molecular complexity index is 408. The second kappa shape index (κ2) is 4.47. The molecule has 3 nitrogen and oxygen atoms in total. The van der Waals surface area contributed by atoms with Crippen LogP contribution >= 0.6 is 0 Å². The largest absolute Gasteiger partial charge is 0.395 e. The average Bonchev–Trinajstić information content (AvgIpc) is 2.59. The summed E-state index contributed by atoms with van der Waals surface area (Å²) in [4.78, 5) is 0. The van der Waals surface area contributed by atoms with E-state index in [4.69, 9.17) is 10.8 Å². The molecule has 0 unspecified atom stereocenters. The molecule has 1 aromatic carbocycles. The lowest BCUT2D eigenvalue weighted by Gasteiger charge is -2.00. The Morgan fingerprint density at radius 1 is 1.27 bits per heavy atom. The van der Waals surface area contributed by atoms with Crippen molar-refractivity contribution in [3.05, 3.63) is 36.0 Å². The van der Waals surface area contributed by atoms with Crippen LogP contribution in [0.4, 0.5) is 0 Å². The second-order valence-electron chi connectivity index (χ2n) is 3.63. The molecule has 1 heterocycles. The van der Waals surface area contributed by atoms with Crippen LogP contribution in [0.5, 0.6) is 0 Å². The van der Waals surface area contributed by atoms with E-state index in [1.165, 1.54) is 16.5 Å². The molecule has 3 heteroatoms. The van der Waals surface area contributed by atoms with E-state index in [0.717, 1.165) is 6.42 Å². The zero-order chi connectivity index (χ0) is 10.7. The van der Waals surface area contributed by atoms with Gasteiger partial charge in [-0.2, -0.15) is 0 Å². The normalized spacial score (nSPS) is 11.1. The van der Waals surface area contributed by atoms with Crippen molar-refractivity contribution in [2.24, 2.45) is 5.73 Å². The van der Waals surface area contributed by atoms with Crippen LogP contribution in [0.15, 0.2) is 30.5 Å². The molecule has 0 aliphatic carbocycles. The van der Waals surface area contributed by atoms with Gasteiger partial charge in [-0.15, -0.1) is 0 Å². The molecule has 0 radical (unpaired) electrons. The summed E-state index contributed by atoms with van der Waals surface area (Å²) in [6, 6.07) is 8.23. The van der Waals surface area contributed by atoms with Gasteiger partial charge in [0, 0.05) is 23.6 Å².